The number of halogens is 1. The molecule has 0 spiro atoms. The molecule has 5 nitrogen and oxygen atoms in total. The van der Waals surface area contributed by atoms with E-state index in [1.54, 1.807) is 16.8 Å². The highest BCUT2D eigenvalue weighted by atomic mass is 35.5. The summed E-state index contributed by atoms with van der Waals surface area (Å²) >= 11 is 6.17. The Morgan fingerprint density at radius 3 is 2.86 bits per heavy atom. The Morgan fingerprint density at radius 1 is 1.45 bits per heavy atom. The van der Waals surface area contributed by atoms with Crippen LogP contribution < -0.4 is 5.32 Å². The molecule has 0 fully saturated rings. The largest absolute Gasteiger partial charge is 0.396 e. The third-order valence-corrected chi connectivity index (χ3v) is 3.75. The minimum atomic E-state index is -0.223. The monoisotopic (exact) mass is 321 g/mol. The normalized spacial score (nSPS) is 12.2. The lowest BCUT2D eigenvalue weighted by Gasteiger charge is -2.10. The zero-order valence-corrected chi connectivity index (χ0v) is 13.5. The maximum absolute atomic E-state index is 12.2. The molecule has 2 aromatic rings. The third kappa shape index (κ3) is 3.87. The fourth-order valence-electron chi connectivity index (χ4n) is 2.13. The van der Waals surface area contributed by atoms with Crippen LogP contribution in [0.2, 0.25) is 5.02 Å². The molecule has 1 aromatic carbocycles. The third-order valence-electron chi connectivity index (χ3n) is 3.43. The highest BCUT2D eigenvalue weighted by Crippen LogP contribution is 2.21. The van der Waals surface area contributed by atoms with E-state index in [2.05, 4.69) is 10.4 Å². The van der Waals surface area contributed by atoms with Crippen LogP contribution in [0.4, 0.5) is 0 Å². The number of amides is 1. The van der Waals surface area contributed by atoms with Gasteiger partial charge in [0, 0.05) is 18.8 Å². The fraction of sp³-hybridized carbons (Fsp3) is 0.375. The number of hydrogen-bond donors (Lipinski definition) is 2. The molecule has 1 atom stereocenters. The molecule has 0 saturated carbocycles. The lowest BCUT2D eigenvalue weighted by molar-refractivity contribution is 0.0940. The highest BCUT2D eigenvalue weighted by Gasteiger charge is 2.15. The Kier molecular flexibility index (Phi) is 5.57. The quantitative estimate of drug-likeness (QED) is 0.859. The number of para-hydroxylation sites is 1. The average Bonchev–Trinajstić information content (AvgIpc) is 2.87. The van der Waals surface area contributed by atoms with Gasteiger partial charge in [0.2, 0.25) is 0 Å². The number of rotatable bonds is 6. The van der Waals surface area contributed by atoms with Crippen molar-refractivity contribution in [1.82, 2.24) is 15.1 Å². The Bertz CT molecular complexity index is 655. The molecule has 0 aliphatic carbocycles. The Balaban J connectivity index is 2.13. The lowest BCUT2D eigenvalue weighted by Crippen LogP contribution is -2.29. The summed E-state index contributed by atoms with van der Waals surface area (Å²) in [5.74, 6) is -0.000561. The number of aromatic nitrogens is 2. The van der Waals surface area contributed by atoms with Crippen LogP contribution in [0.3, 0.4) is 0 Å². The molecule has 1 heterocycles. The minimum absolute atomic E-state index is 0.122. The van der Waals surface area contributed by atoms with Crippen LogP contribution in [0.5, 0.6) is 0 Å². The summed E-state index contributed by atoms with van der Waals surface area (Å²) in [6, 6.07) is 9.09. The van der Waals surface area contributed by atoms with Crippen molar-refractivity contribution in [2.24, 2.45) is 5.92 Å². The van der Waals surface area contributed by atoms with Gasteiger partial charge < -0.3 is 10.4 Å². The first kappa shape index (κ1) is 16.5. The van der Waals surface area contributed by atoms with Crippen LogP contribution in [-0.4, -0.2) is 33.9 Å². The number of benzene rings is 1. The van der Waals surface area contributed by atoms with Crippen molar-refractivity contribution in [2.75, 3.05) is 13.2 Å². The number of carbonyl (C=O) groups is 1. The van der Waals surface area contributed by atoms with Gasteiger partial charge in [-0.15, -0.1) is 0 Å². The summed E-state index contributed by atoms with van der Waals surface area (Å²) in [5.41, 5.74) is 1.93. The SMILES string of the molecule is Cc1cc(C(=O)NCC(C)CCO)nn1-c1ccccc1Cl. The van der Waals surface area contributed by atoms with Crippen molar-refractivity contribution in [3.05, 3.63) is 46.7 Å². The molecule has 2 rings (SSSR count). The fourth-order valence-corrected chi connectivity index (χ4v) is 2.35. The molecule has 0 saturated heterocycles. The molecule has 0 aliphatic rings. The molecule has 0 radical (unpaired) electrons. The molecule has 1 amide bonds. The molecule has 22 heavy (non-hydrogen) atoms. The predicted octanol–water partition coefficient (Wildman–Crippen LogP) is 2.58. The topological polar surface area (TPSA) is 67.2 Å². The first-order chi connectivity index (χ1) is 10.5. The van der Waals surface area contributed by atoms with Gasteiger partial charge in [0.05, 0.1) is 10.7 Å². The minimum Gasteiger partial charge on any atom is -0.396 e. The second kappa shape index (κ2) is 7.42. The number of hydrogen-bond acceptors (Lipinski definition) is 3. The molecule has 118 valence electrons. The van der Waals surface area contributed by atoms with E-state index in [1.807, 2.05) is 32.0 Å². The molecule has 0 aliphatic heterocycles. The molecular formula is C16H20ClN3O2. The number of nitrogens with one attached hydrogen (secondary N) is 1. The number of aliphatic hydroxyl groups excluding tert-OH is 1. The standard InChI is InChI=1S/C16H20ClN3O2/c1-11(7-8-21)10-18-16(22)14-9-12(2)20(19-14)15-6-4-3-5-13(15)17/h3-6,9,11,21H,7-8,10H2,1-2H3,(H,18,22). The van der Waals surface area contributed by atoms with Crippen molar-refractivity contribution < 1.29 is 9.90 Å². The van der Waals surface area contributed by atoms with E-state index >= 15 is 0 Å². The molecule has 1 aromatic heterocycles. The molecule has 6 heteroatoms. The van der Waals surface area contributed by atoms with Crippen molar-refractivity contribution in [1.29, 1.82) is 0 Å². The molecule has 1 unspecified atom stereocenters. The van der Waals surface area contributed by atoms with Crippen molar-refractivity contribution >= 4 is 17.5 Å². The average molecular weight is 322 g/mol. The zero-order chi connectivity index (χ0) is 16.1. The van der Waals surface area contributed by atoms with Gasteiger partial charge in [0.15, 0.2) is 5.69 Å². The summed E-state index contributed by atoms with van der Waals surface area (Å²) < 4.78 is 1.66. The van der Waals surface area contributed by atoms with Gasteiger partial charge in [-0.2, -0.15) is 5.10 Å². The number of carbonyl (C=O) groups excluding carboxylic acids is 1. The van der Waals surface area contributed by atoms with E-state index < -0.39 is 0 Å². The maximum Gasteiger partial charge on any atom is 0.271 e. The van der Waals surface area contributed by atoms with E-state index in [9.17, 15) is 4.79 Å². The second-order valence-electron chi connectivity index (χ2n) is 5.36. The van der Waals surface area contributed by atoms with Crippen LogP contribution in [-0.2, 0) is 0 Å². The smallest absolute Gasteiger partial charge is 0.271 e. The van der Waals surface area contributed by atoms with Crippen LogP contribution in [0, 0.1) is 12.8 Å². The Labute approximate surface area is 134 Å². The van der Waals surface area contributed by atoms with Gasteiger partial charge in [-0.25, -0.2) is 4.68 Å². The van der Waals surface area contributed by atoms with E-state index in [4.69, 9.17) is 16.7 Å². The van der Waals surface area contributed by atoms with Crippen LogP contribution in [0.1, 0.15) is 29.5 Å². The van der Waals surface area contributed by atoms with Crippen molar-refractivity contribution in [2.45, 2.75) is 20.3 Å². The van der Waals surface area contributed by atoms with Gasteiger partial charge in [0.25, 0.3) is 5.91 Å². The summed E-state index contributed by atoms with van der Waals surface area (Å²) in [6.45, 7) is 4.49. The van der Waals surface area contributed by atoms with Gasteiger partial charge in [-0.3, -0.25) is 4.79 Å². The maximum atomic E-state index is 12.2. The first-order valence-electron chi connectivity index (χ1n) is 7.23. The van der Waals surface area contributed by atoms with E-state index in [0.29, 0.717) is 23.7 Å². The van der Waals surface area contributed by atoms with Gasteiger partial charge in [-0.1, -0.05) is 30.7 Å². The zero-order valence-electron chi connectivity index (χ0n) is 12.7. The van der Waals surface area contributed by atoms with Crippen LogP contribution in [0.25, 0.3) is 5.69 Å². The second-order valence-corrected chi connectivity index (χ2v) is 5.77. The first-order valence-corrected chi connectivity index (χ1v) is 7.61. The summed E-state index contributed by atoms with van der Waals surface area (Å²) in [5, 5.41) is 16.6. The molecule has 0 bridgehead atoms. The number of nitrogens with zero attached hydrogens (tertiary/aromatic N) is 2. The van der Waals surface area contributed by atoms with Crippen molar-refractivity contribution in [3.8, 4) is 5.69 Å². The van der Waals surface area contributed by atoms with Crippen LogP contribution >= 0.6 is 11.6 Å². The Hall–Kier alpha value is -1.85. The van der Waals surface area contributed by atoms with Gasteiger partial charge in [0.1, 0.15) is 0 Å². The van der Waals surface area contributed by atoms with Crippen molar-refractivity contribution in [3.63, 3.8) is 0 Å². The summed E-state index contributed by atoms with van der Waals surface area (Å²) in [4.78, 5) is 12.2. The van der Waals surface area contributed by atoms with E-state index in [0.717, 1.165) is 11.4 Å². The number of aliphatic hydroxyl groups is 1. The molecule has 2 N–H and O–H groups in total. The Morgan fingerprint density at radius 2 is 2.18 bits per heavy atom. The van der Waals surface area contributed by atoms with Gasteiger partial charge in [-0.05, 0) is 37.5 Å². The summed E-state index contributed by atoms with van der Waals surface area (Å²) in [7, 11) is 0. The van der Waals surface area contributed by atoms with Gasteiger partial charge >= 0.3 is 0 Å². The number of aryl methyl sites for hydroxylation is 1. The highest BCUT2D eigenvalue weighted by molar-refractivity contribution is 6.32. The van der Waals surface area contributed by atoms with E-state index in [-0.39, 0.29) is 18.4 Å². The predicted molar refractivity (Wildman–Crippen MR) is 86.5 cm³/mol. The van der Waals surface area contributed by atoms with Crippen LogP contribution in [0.15, 0.2) is 30.3 Å². The lowest BCUT2D eigenvalue weighted by atomic mass is 10.1. The van der Waals surface area contributed by atoms with E-state index in [1.165, 1.54) is 0 Å². The molecular weight excluding hydrogens is 302 g/mol. The summed E-state index contributed by atoms with van der Waals surface area (Å²) in [6.07, 6.45) is 0.660.